The Bertz CT molecular complexity index is 1040. The van der Waals surface area contributed by atoms with E-state index < -0.39 is 6.10 Å². The van der Waals surface area contributed by atoms with Gasteiger partial charge in [0.25, 0.3) is 0 Å². The number of nitrogens with zero attached hydrogens (tertiary/aromatic N) is 2. The third-order valence-electron chi connectivity index (χ3n) is 5.69. The Morgan fingerprint density at radius 3 is 2.10 bits per heavy atom. The second kappa shape index (κ2) is 10.9. The highest BCUT2D eigenvalue weighted by molar-refractivity contribution is 9.10. The molecule has 0 amide bonds. The van der Waals surface area contributed by atoms with Crippen molar-refractivity contribution < 1.29 is 5.11 Å². The average molecular weight is 475 g/mol. The van der Waals surface area contributed by atoms with E-state index >= 15 is 0 Å². The number of halogens is 1. The normalized spacial score (nSPS) is 14.4. The van der Waals surface area contributed by atoms with E-state index in [-0.39, 0.29) is 12.0 Å². The van der Waals surface area contributed by atoms with Crippen LogP contribution in [0.3, 0.4) is 0 Å². The molecule has 158 valence electrons. The Morgan fingerprint density at radius 1 is 0.968 bits per heavy atom. The van der Waals surface area contributed by atoms with E-state index in [9.17, 15) is 10.4 Å². The average Bonchev–Trinajstić information content (AvgIpc) is 2.82. The molecule has 3 aromatic rings. The Hall–Kier alpha value is -2.87. The van der Waals surface area contributed by atoms with Crippen LogP contribution in [0.5, 0.6) is 0 Å². The van der Waals surface area contributed by atoms with E-state index in [2.05, 4.69) is 40.2 Å². The lowest BCUT2D eigenvalue weighted by molar-refractivity contribution is 0.0911. The van der Waals surface area contributed by atoms with Crippen molar-refractivity contribution in [2.24, 2.45) is 0 Å². The molecule has 3 aromatic carbocycles. The predicted octanol–water partition coefficient (Wildman–Crippen LogP) is 6.24. The molecule has 0 bridgehead atoms. The fourth-order valence-electron chi connectivity index (χ4n) is 3.66. The predicted molar refractivity (Wildman–Crippen MR) is 129 cm³/mol. The lowest BCUT2D eigenvalue weighted by Crippen LogP contribution is -2.33. The van der Waals surface area contributed by atoms with Crippen LogP contribution in [0.4, 0.5) is 0 Å². The van der Waals surface area contributed by atoms with E-state index in [1.54, 1.807) is 0 Å². The molecule has 0 unspecified atom stereocenters. The van der Waals surface area contributed by atoms with Gasteiger partial charge in [0.2, 0.25) is 0 Å². The first-order valence-electron chi connectivity index (χ1n) is 10.4. The van der Waals surface area contributed by atoms with Crippen molar-refractivity contribution in [2.45, 2.75) is 31.4 Å². The SMILES string of the molecule is C[C@@H]([C@H](O)c1ccccc1)N(C)/C(C#N)=C/[C@H](Cc1ccccc1Br)c1ccccc1. The lowest BCUT2D eigenvalue weighted by Gasteiger charge is -2.31. The molecule has 4 heteroatoms. The Kier molecular flexibility index (Phi) is 8.06. The number of allylic oxidation sites excluding steroid dienone is 2. The zero-order valence-electron chi connectivity index (χ0n) is 17.8. The zero-order valence-corrected chi connectivity index (χ0v) is 19.4. The summed E-state index contributed by atoms with van der Waals surface area (Å²) < 4.78 is 1.06. The van der Waals surface area contributed by atoms with Crippen LogP contribution in [0.15, 0.2) is 101 Å². The molecule has 1 N–H and O–H groups in total. The van der Waals surface area contributed by atoms with Gasteiger partial charge < -0.3 is 10.0 Å². The molecule has 0 aliphatic rings. The first-order valence-corrected chi connectivity index (χ1v) is 11.2. The number of nitriles is 1. The van der Waals surface area contributed by atoms with Gasteiger partial charge in [-0.3, -0.25) is 0 Å². The van der Waals surface area contributed by atoms with E-state index in [1.165, 1.54) is 5.56 Å². The number of aliphatic hydroxyl groups is 1. The fraction of sp³-hybridized carbons (Fsp3) is 0.222. The highest BCUT2D eigenvalue weighted by atomic mass is 79.9. The third kappa shape index (κ3) is 5.85. The fourth-order valence-corrected chi connectivity index (χ4v) is 4.10. The summed E-state index contributed by atoms with van der Waals surface area (Å²) in [6.45, 7) is 1.94. The molecule has 0 heterocycles. The smallest absolute Gasteiger partial charge is 0.117 e. The molecule has 0 saturated carbocycles. The van der Waals surface area contributed by atoms with Gasteiger partial charge in [-0.05, 0) is 42.2 Å². The van der Waals surface area contributed by atoms with Crippen molar-refractivity contribution >= 4 is 15.9 Å². The molecule has 3 rings (SSSR count). The highest BCUT2D eigenvalue weighted by Crippen LogP contribution is 2.29. The third-order valence-corrected chi connectivity index (χ3v) is 6.46. The molecule has 0 fully saturated rings. The molecule has 0 aliphatic heterocycles. The summed E-state index contributed by atoms with van der Waals surface area (Å²) in [4.78, 5) is 1.87. The van der Waals surface area contributed by atoms with E-state index in [0.29, 0.717) is 5.70 Å². The molecular weight excluding hydrogens is 448 g/mol. The van der Waals surface area contributed by atoms with Crippen LogP contribution < -0.4 is 0 Å². The first kappa shape index (κ1) is 22.8. The van der Waals surface area contributed by atoms with Crippen LogP contribution in [0.1, 0.15) is 35.6 Å². The second-order valence-electron chi connectivity index (χ2n) is 7.68. The quantitative estimate of drug-likeness (QED) is 0.393. The van der Waals surface area contributed by atoms with Gasteiger partial charge in [0, 0.05) is 17.4 Å². The van der Waals surface area contributed by atoms with Gasteiger partial charge in [0.15, 0.2) is 0 Å². The molecule has 0 saturated heterocycles. The van der Waals surface area contributed by atoms with Gasteiger partial charge in [0.1, 0.15) is 11.8 Å². The van der Waals surface area contributed by atoms with Gasteiger partial charge in [0.05, 0.1) is 12.1 Å². The number of rotatable bonds is 8. The van der Waals surface area contributed by atoms with Crippen molar-refractivity contribution in [2.75, 3.05) is 7.05 Å². The number of hydrogen-bond acceptors (Lipinski definition) is 3. The number of hydrogen-bond donors (Lipinski definition) is 1. The highest BCUT2D eigenvalue weighted by Gasteiger charge is 2.23. The topological polar surface area (TPSA) is 47.3 Å². The molecule has 3 atom stereocenters. The largest absolute Gasteiger partial charge is 0.386 e. The van der Waals surface area contributed by atoms with Crippen LogP contribution in [-0.4, -0.2) is 23.1 Å². The standard InChI is InChI=1S/C27H27BrN2O/c1-20(27(31)22-13-7-4-8-14-22)30(2)25(19-29)18-24(21-11-5-3-6-12-21)17-23-15-9-10-16-26(23)28/h3-16,18,20,24,27,31H,17H2,1-2H3/b25-18+/t20-,24-,27-/m0/s1. The van der Waals surface area contributed by atoms with E-state index in [0.717, 1.165) is 22.0 Å². The summed E-state index contributed by atoms with van der Waals surface area (Å²) in [5.41, 5.74) is 3.72. The number of benzene rings is 3. The Balaban J connectivity index is 1.91. The van der Waals surface area contributed by atoms with Crippen molar-refractivity contribution in [3.05, 3.63) is 118 Å². The van der Waals surface area contributed by atoms with Crippen LogP contribution in [0, 0.1) is 11.3 Å². The molecular formula is C27H27BrN2O. The van der Waals surface area contributed by atoms with Crippen LogP contribution in [-0.2, 0) is 6.42 Å². The summed E-state index contributed by atoms with van der Waals surface area (Å²) in [5, 5.41) is 20.8. The molecule has 0 spiro atoms. The van der Waals surface area contributed by atoms with Crippen LogP contribution >= 0.6 is 15.9 Å². The first-order chi connectivity index (χ1) is 15.0. The lowest BCUT2D eigenvalue weighted by atomic mass is 9.90. The van der Waals surface area contributed by atoms with Crippen molar-refractivity contribution in [1.29, 1.82) is 5.26 Å². The number of aliphatic hydroxyl groups excluding tert-OH is 1. The van der Waals surface area contributed by atoms with Gasteiger partial charge in [-0.15, -0.1) is 0 Å². The van der Waals surface area contributed by atoms with Crippen molar-refractivity contribution in [1.82, 2.24) is 4.90 Å². The van der Waals surface area contributed by atoms with Gasteiger partial charge >= 0.3 is 0 Å². The molecule has 0 radical (unpaired) electrons. The second-order valence-corrected chi connectivity index (χ2v) is 8.54. The minimum absolute atomic E-state index is 0.0260. The van der Waals surface area contributed by atoms with Gasteiger partial charge in [-0.1, -0.05) is 94.8 Å². The summed E-state index contributed by atoms with van der Waals surface area (Å²) in [5.74, 6) is 0.0260. The maximum Gasteiger partial charge on any atom is 0.117 e. The monoisotopic (exact) mass is 474 g/mol. The minimum Gasteiger partial charge on any atom is -0.386 e. The molecule has 3 nitrogen and oxygen atoms in total. The molecule has 0 aliphatic carbocycles. The van der Waals surface area contributed by atoms with Crippen molar-refractivity contribution in [3.8, 4) is 6.07 Å². The maximum absolute atomic E-state index is 10.8. The Labute approximate surface area is 193 Å². The van der Waals surface area contributed by atoms with E-state index in [1.807, 2.05) is 91.7 Å². The zero-order chi connectivity index (χ0) is 22.2. The maximum atomic E-state index is 10.8. The summed E-state index contributed by atoms with van der Waals surface area (Å²) in [6, 6.07) is 30.1. The Morgan fingerprint density at radius 2 is 1.52 bits per heavy atom. The van der Waals surface area contributed by atoms with Crippen molar-refractivity contribution in [3.63, 3.8) is 0 Å². The summed E-state index contributed by atoms with van der Waals surface area (Å²) in [7, 11) is 1.87. The van der Waals surface area contributed by atoms with Crippen LogP contribution in [0.2, 0.25) is 0 Å². The van der Waals surface area contributed by atoms with Gasteiger partial charge in [-0.25, -0.2) is 0 Å². The van der Waals surface area contributed by atoms with E-state index in [4.69, 9.17) is 0 Å². The summed E-state index contributed by atoms with van der Waals surface area (Å²) in [6.07, 6.45) is 2.09. The minimum atomic E-state index is -0.693. The molecule has 0 aromatic heterocycles. The summed E-state index contributed by atoms with van der Waals surface area (Å²) >= 11 is 3.65. The van der Waals surface area contributed by atoms with Gasteiger partial charge in [-0.2, -0.15) is 5.26 Å². The molecule has 31 heavy (non-hydrogen) atoms. The number of likely N-dealkylation sites (N-methyl/N-ethyl adjacent to an activating group) is 1. The van der Waals surface area contributed by atoms with Crippen LogP contribution in [0.25, 0.3) is 0 Å².